The van der Waals surface area contributed by atoms with E-state index in [9.17, 15) is 15.0 Å². The summed E-state index contributed by atoms with van der Waals surface area (Å²) in [4.78, 5) is 13.5. The number of aromatic hydroxyl groups is 2. The second-order valence-electron chi connectivity index (χ2n) is 3.94. The molecule has 0 spiro atoms. The number of benzene rings is 1. The molecule has 0 radical (unpaired) electrons. The van der Waals surface area contributed by atoms with E-state index in [1.54, 1.807) is 14.2 Å². The summed E-state index contributed by atoms with van der Waals surface area (Å²) in [5, 5.41) is 18.9. The van der Waals surface area contributed by atoms with Crippen LogP contribution in [-0.4, -0.2) is 53.2 Å². The highest BCUT2D eigenvalue weighted by molar-refractivity contribution is 9.09. The van der Waals surface area contributed by atoms with Crippen LogP contribution in [-0.2, 0) is 4.74 Å². The highest BCUT2D eigenvalue weighted by atomic mass is 79.9. The third-order valence-electron chi connectivity index (χ3n) is 2.38. The molecule has 0 bridgehead atoms. The van der Waals surface area contributed by atoms with Gasteiger partial charge in [0.15, 0.2) is 0 Å². The zero-order valence-electron chi connectivity index (χ0n) is 10.3. The molecule has 100 valence electrons. The van der Waals surface area contributed by atoms with E-state index in [-0.39, 0.29) is 27.8 Å². The fourth-order valence-corrected chi connectivity index (χ4v) is 2.21. The van der Waals surface area contributed by atoms with Crippen LogP contribution in [0.25, 0.3) is 0 Å². The normalized spacial score (nSPS) is 12.2. The third-order valence-corrected chi connectivity index (χ3v) is 2.93. The largest absolute Gasteiger partial charge is 0.508 e. The molecule has 0 fully saturated rings. The summed E-state index contributed by atoms with van der Waals surface area (Å²) in [7, 11) is 3.20. The number of phenols is 2. The molecule has 0 aliphatic heterocycles. The molecule has 2 N–H and O–H groups in total. The molecule has 1 atom stereocenters. The monoisotopic (exact) mass is 317 g/mol. The fourth-order valence-electron chi connectivity index (χ4n) is 1.51. The van der Waals surface area contributed by atoms with E-state index in [0.717, 1.165) is 0 Å². The zero-order chi connectivity index (χ0) is 13.7. The van der Waals surface area contributed by atoms with Gasteiger partial charge in [-0.3, -0.25) is 4.79 Å². The molecule has 5 nitrogen and oxygen atoms in total. The van der Waals surface area contributed by atoms with Crippen LogP contribution in [0.4, 0.5) is 0 Å². The van der Waals surface area contributed by atoms with E-state index in [0.29, 0.717) is 13.2 Å². The van der Waals surface area contributed by atoms with Crippen LogP contribution in [0.5, 0.6) is 11.5 Å². The first-order valence-corrected chi connectivity index (χ1v) is 6.27. The Labute approximate surface area is 114 Å². The number of hydrogen-bond donors (Lipinski definition) is 2. The topological polar surface area (TPSA) is 70.0 Å². The average molecular weight is 318 g/mol. The first-order chi connectivity index (χ1) is 8.45. The molecule has 1 rings (SSSR count). The van der Waals surface area contributed by atoms with Gasteiger partial charge < -0.3 is 19.8 Å². The van der Waals surface area contributed by atoms with Crippen LogP contribution in [0.1, 0.15) is 10.4 Å². The van der Waals surface area contributed by atoms with Gasteiger partial charge in [0.25, 0.3) is 5.91 Å². The summed E-state index contributed by atoms with van der Waals surface area (Å²) >= 11 is 3.38. The molecule has 1 aromatic carbocycles. The molecule has 0 saturated heterocycles. The molecule has 0 aliphatic rings. The minimum Gasteiger partial charge on any atom is -0.508 e. The first-order valence-electron chi connectivity index (χ1n) is 5.36. The van der Waals surface area contributed by atoms with Crippen LogP contribution in [0.2, 0.25) is 0 Å². The molecular formula is C12H16BrNO4. The van der Waals surface area contributed by atoms with Gasteiger partial charge >= 0.3 is 0 Å². The average Bonchev–Trinajstić information content (AvgIpc) is 2.31. The zero-order valence-corrected chi connectivity index (χ0v) is 11.8. The van der Waals surface area contributed by atoms with E-state index in [1.165, 1.54) is 23.1 Å². The molecule has 0 aromatic heterocycles. The minimum absolute atomic E-state index is 0.0101. The van der Waals surface area contributed by atoms with Crippen molar-refractivity contribution in [1.82, 2.24) is 4.90 Å². The van der Waals surface area contributed by atoms with Gasteiger partial charge in [0.05, 0.1) is 17.0 Å². The van der Waals surface area contributed by atoms with Crippen molar-refractivity contribution >= 4 is 21.8 Å². The van der Waals surface area contributed by atoms with E-state index >= 15 is 0 Å². The molecule has 1 aromatic rings. The number of phenolic OH excluding ortho intramolecular Hbond substituents is 2. The van der Waals surface area contributed by atoms with E-state index in [1.807, 2.05) is 0 Å². The lowest BCUT2D eigenvalue weighted by Crippen LogP contribution is -2.33. The van der Waals surface area contributed by atoms with Crippen molar-refractivity contribution in [2.24, 2.45) is 0 Å². The number of ether oxygens (including phenoxy) is 1. The van der Waals surface area contributed by atoms with Gasteiger partial charge in [-0.05, 0) is 18.2 Å². The van der Waals surface area contributed by atoms with Gasteiger partial charge in [-0.2, -0.15) is 0 Å². The molecule has 18 heavy (non-hydrogen) atoms. The number of carbonyl (C=O) groups excluding carboxylic acids is 1. The summed E-state index contributed by atoms with van der Waals surface area (Å²) in [6.07, 6.45) is 0. The summed E-state index contributed by atoms with van der Waals surface area (Å²) in [6, 6.07) is 3.86. The van der Waals surface area contributed by atoms with E-state index in [4.69, 9.17) is 4.74 Å². The van der Waals surface area contributed by atoms with Gasteiger partial charge in [0.2, 0.25) is 0 Å². The summed E-state index contributed by atoms with van der Waals surface area (Å²) in [5.74, 6) is -0.566. The minimum atomic E-state index is -0.357. The first kappa shape index (κ1) is 14.8. The quantitative estimate of drug-likeness (QED) is 0.639. The van der Waals surface area contributed by atoms with Crippen molar-refractivity contribution < 1.29 is 19.7 Å². The number of halogens is 1. The highest BCUT2D eigenvalue weighted by Gasteiger charge is 2.18. The van der Waals surface area contributed by atoms with Gasteiger partial charge in [0.1, 0.15) is 11.5 Å². The number of amides is 1. The Kier molecular flexibility index (Phi) is 5.43. The molecular weight excluding hydrogens is 302 g/mol. The second kappa shape index (κ2) is 6.61. The smallest absolute Gasteiger partial charge is 0.257 e. The molecule has 0 saturated carbocycles. The van der Waals surface area contributed by atoms with Crippen molar-refractivity contribution in [1.29, 1.82) is 0 Å². The van der Waals surface area contributed by atoms with Gasteiger partial charge in [-0.15, -0.1) is 0 Å². The van der Waals surface area contributed by atoms with Crippen LogP contribution in [0.15, 0.2) is 18.2 Å². The number of rotatable bonds is 5. The van der Waals surface area contributed by atoms with Crippen molar-refractivity contribution in [3.8, 4) is 11.5 Å². The maximum Gasteiger partial charge on any atom is 0.257 e. The lowest BCUT2D eigenvalue weighted by molar-refractivity contribution is 0.0781. The highest BCUT2D eigenvalue weighted by Crippen LogP contribution is 2.23. The van der Waals surface area contributed by atoms with Crippen LogP contribution in [0.3, 0.4) is 0 Å². The summed E-state index contributed by atoms with van der Waals surface area (Å²) < 4.78 is 4.96. The standard InChI is InChI=1S/C12H16BrNO4/c1-14(6-8(13)7-18-2)12(17)10-5-9(15)3-4-11(10)16/h3-5,8,15-16H,6-7H2,1-2H3. The van der Waals surface area contributed by atoms with Crippen molar-refractivity contribution in [2.75, 3.05) is 27.3 Å². The number of alkyl halides is 1. The van der Waals surface area contributed by atoms with Crippen molar-refractivity contribution in [2.45, 2.75) is 4.83 Å². The molecule has 0 aliphatic carbocycles. The fraction of sp³-hybridized carbons (Fsp3) is 0.417. The SMILES string of the molecule is COCC(Br)CN(C)C(=O)c1cc(O)ccc1O. The molecule has 1 unspecified atom stereocenters. The lowest BCUT2D eigenvalue weighted by Gasteiger charge is -2.20. The Bertz CT molecular complexity index is 425. The summed E-state index contributed by atoms with van der Waals surface area (Å²) in [6.45, 7) is 0.908. The Morgan fingerprint density at radius 3 is 2.78 bits per heavy atom. The number of carbonyl (C=O) groups is 1. The summed E-state index contributed by atoms with van der Waals surface area (Å²) in [5.41, 5.74) is 0.0783. The van der Waals surface area contributed by atoms with Crippen molar-refractivity contribution in [3.63, 3.8) is 0 Å². The van der Waals surface area contributed by atoms with Gasteiger partial charge in [-0.1, -0.05) is 15.9 Å². The number of hydrogen-bond acceptors (Lipinski definition) is 4. The van der Waals surface area contributed by atoms with Gasteiger partial charge in [0, 0.05) is 20.7 Å². The number of nitrogens with zero attached hydrogens (tertiary/aromatic N) is 1. The van der Waals surface area contributed by atoms with Gasteiger partial charge in [-0.25, -0.2) is 0 Å². The Balaban J connectivity index is 2.77. The molecule has 6 heteroatoms. The second-order valence-corrected chi connectivity index (χ2v) is 5.23. The Hall–Kier alpha value is -1.27. The van der Waals surface area contributed by atoms with Crippen molar-refractivity contribution in [3.05, 3.63) is 23.8 Å². The number of methoxy groups -OCH3 is 1. The Morgan fingerprint density at radius 1 is 1.50 bits per heavy atom. The predicted octanol–water partition coefficient (Wildman–Crippen LogP) is 1.58. The predicted molar refractivity (Wildman–Crippen MR) is 71.3 cm³/mol. The molecule has 1 amide bonds. The maximum absolute atomic E-state index is 12.1. The van der Waals surface area contributed by atoms with E-state index < -0.39 is 0 Å². The lowest BCUT2D eigenvalue weighted by atomic mass is 10.1. The Morgan fingerprint density at radius 2 is 2.17 bits per heavy atom. The third kappa shape index (κ3) is 3.89. The maximum atomic E-state index is 12.1. The van der Waals surface area contributed by atoms with Crippen LogP contribution >= 0.6 is 15.9 Å². The molecule has 0 heterocycles. The van der Waals surface area contributed by atoms with E-state index in [2.05, 4.69) is 15.9 Å². The van der Waals surface area contributed by atoms with Crippen LogP contribution in [0, 0.1) is 0 Å². The van der Waals surface area contributed by atoms with Crippen LogP contribution < -0.4 is 0 Å².